The van der Waals surface area contributed by atoms with Gasteiger partial charge in [0.25, 0.3) is 5.69 Å². The van der Waals surface area contributed by atoms with Crippen molar-refractivity contribution in [1.82, 2.24) is 0 Å². The normalized spacial score (nSPS) is 9.79. The summed E-state index contributed by atoms with van der Waals surface area (Å²) in [5, 5.41) is 13.1. The van der Waals surface area contributed by atoms with E-state index >= 15 is 0 Å². The number of hydrogen-bond donors (Lipinski definition) is 1. The third-order valence-corrected chi connectivity index (χ3v) is 2.90. The second-order valence-corrected chi connectivity index (χ2v) is 4.62. The second kappa shape index (κ2) is 6.74. The number of ether oxygens (including phenoxy) is 1. The van der Waals surface area contributed by atoms with Crippen LogP contribution in [0.4, 0.5) is 11.4 Å². The van der Waals surface area contributed by atoms with Crippen molar-refractivity contribution in [2.24, 2.45) is 0 Å². The molecule has 0 unspecified atom stereocenters. The maximum atomic E-state index is 11.5. The van der Waals surface area contributed by atoms with Crippen LogP contribution >= 0.6 is 11.8 Å². The third kappa shape index (κ3) is 4.59. The molecular formula is C11H12N2O5S. The van der Waals surface area contributed by atoms with Gasteiger partial charge in [-0.05, 0) is 12.1 Å². The molecule has 1 aromatic rings. The van der Waals surface area contributed by atoms with Gasteiger partial charge < -0.3 is 10.1 Å². The molecule has 0 aliphatic rings. The Balaban J connectivity index is 2.85. The van der Waals surface area contributed by atoms with Gasteiger partial charge in [-0.2, -0.15) is 0 Å². The van der Waals surface area contributed by atoms with Gasteiger partial charge in [-0.25, -0.2) is 0 Å². The molecule has 0 aromatic heterocycles. The first-order chi connectivity index (χ1) is 8.93. The van der Waals surface area contributed by atoms with Gasteiger partial charge in [0.05, 0.1) is 23.9 Å². The predicted molar refractivity (Wildman–Crippen MR) is 71.4 cm³/mol. The Morgan fingerprint density at radius 3 is 2.68 bits per heavy atom. The van der Waals surface area contributed by atoms with E-state index in [4.69, 9.17) is 4.74 Å². The smallest absolute Gasteiger partial charge is 0.296 e. The maximum Gasteiger partial charge on any atom is 0.296 e. The first-order valence-electron chi connectivity index (χ1n) is 5.19. The van der Waals surface area contributed by atoms with Crippen LogP contribution in [0.5, 0.6) is 5.75 Å². The minimum atomic E-state index is -0.615. The van der Waals surface area contributed by atoms with Crippen LogP contribution in [0, 0.1) is 10.1 Å². The Bertz CT molecular complexity index is 518. The zero-order valence-electron chi connectivity index (χ0n) is 10.3. The number of nitro benzene ring substituents is 1. The molecule has 0 saturated heterocycles. The highest BCUT2D eigenvalue weighted by Gasteiger charge is 2.17. The highest BCUT2D eigenvalue weighted by Crippen LogP contribution is 2.28. The van der Waals surface area contributed by atoms with Crippen molar-refractivity contribution in [3.63, 3.8) is 0 Å². The van der Waals surface area contributed by atoms with E-state index in [-0.39, 0.29) is 22.2 Å². The summed E-state index contributed by atoms with van der Waals surface area (Å²) in [6, 6.07) is 4.10. The molecule has 0 atom stereocenters. The number of carbonyl (C=O) groups excluding carboxylic acids is 2. The van der Waals surface area contributed by atoms with Crippen LogP contribution in [0.2, 0.25) is 0 Å². The monoisotopic (exact) mass is 284 g/mol. The van der Waals surface area contributed by atoms with E-state index < -0.39 is 10.8 Å². The Morgan fingerprint density at radius 1 is 1.47 bits per heavy atom. The summed E-state index contributed by atoms with van der Waals surface area (Å²) in [5.41, 5.74) is -0.194. The number of nitrogens with one attached hydrogen (secondary N) is 1. The molecule has 0 fully saturated rings. The number of benzene rings is 1. The number of rotatable bonds is 5. The summed E-state index contributed by atoms with van der Waals surface area (Å²) < 4.78 is 4.88. The molecular weight excluding hydrogens is 272 g/mol. The number of methoxy groups -OCH3 is 1. The number of thioether (sulfide) groups is 1. The molecule has 102 valence electrons. The molecule has 0 aliphatic carbocycles. The lowest BCUT2D eigenvalue weighted by Crippen LogP contribution is -2.15. The van der Waals surface area contributed by atoms with Crippen molar-refractivity contribution in [1.29, 1.82) is 0 Å². The molecule has 0 bridgehead atoms. The van der Waals surface area contributed by atoms with Crippen molar-refractivity contribution in [3.05, 3.63) is 28.3 Å². The molecule has 1 aromatic carbocycles. The summed E-state index contributed by atoms with van der Waals surface area (Å²) in [6.07, 6.45) is 0. The quantitative estimate of drug-likeness (QED) is 0.654. The summed E-state index contributed by atoms with van der Waals surface area (Å²) in [6.45, 7) is 1.34. The fourth-order valence-corrected chi connectivity index (χ4v) is 1.66. The van der Waals surface area contributed by atoms with Gasteiger partial charge in [-0.1, -0.05) is 11.8 Å². The summed E-state index contributed by atoms with van der Waals surface area (Å²) in [5.74, 6) is -0.241. The molecule has 0 radical (unpaired) electrons. The van der Waals surface area contributed by atoms with Crippen molar-refractivity contribution in [2.75, 3.05) is 18.2 Å². The summed E-state index contributed by atoms with van der Waals surface area (Å²) >= 11 is 0.835. The third-order valence-electron chi connectivity index (χ3n) is 2.08. The van der Waals surface area contributed by atoms with Gasteiger partial charge in [0.1, 0.15) is 11.4 Å². The maximum absolute atomic E-state index is 11.5. The topological polar surface area (TPSA) is 98.5 Å². The van der Waals surface area contributed by atoms with Gasteiger partial charge in [0.2, 0.25) is 5.91 Å². The number of nitro groups is 1. The van der Waals surface area contributed by atoms with Gasteiger partial charge in [0.15, 0.2) is 5.12 Å². The average Bonchev–Trinajstić information content (AvgIpc) is 2.36. The fraction of sp³-hybridized carbons (Fsp3) is 0.273. The molecule has 0 saturated carbocycles. The lowest BCUT2D eigenvalue weighted by molar-refractivity contribution is -0.384. The molecule has 7 nitrogen and oxygen atoms in total. The standard InChI is InChI=1S/C11H12N2O5S/c1-7(14)19-6-11(15)12-9-4-3-8(18-2)5-10(9)13(16)17/h3-5H,6H2,1-2H3,(H,12,15). The fourth-order valence-electron chi connectivity index (χ4n) is 1.25. The molecule has 0 aliphatic heterocycles. The Kier molecular flexibility index (Phi) is 5.31. The predicted octanol–water partition coefficient (Wildman–Crippen LogP) is 1.82. The average molecular weight is 284 g/mol. The molecule has 1 N–H and O–H groups in total. The van der Waals surface area contributed by atoms with E-state index in [1.165, 1.54) is 32.2 Å². The number of anilines is 1. The van der Waals surface area contributed by atoms with Crippen LogP contribution in [0.3, 0.4) is 0 Å². The number of amides is 1. The molecule has 19 heavy (non-hydrogen) atoms. The number of carbonyl (C=O) groups is 2. The van der Waals surface area contributed by atoms with Gasteiger partial charge in [-0.15, -0.1) is 0 Å². The lowest BCUT2D eigenvalue weighted by atomic mass is 10.2. The first-order valence-corrected chi connectivity index (χ1v) is 6.18. The molecule has 1 rings (SSSR count). The van der Waals surface area contributed by atoms with E-state index in [2.05, 4.69) is 5.32 Å². The zero-order chi connectivity index (χ0) is 14.4. The summed E-state index contributed by atoms with van der Waals surface area (Å²) in [4.78, 5) is 32.5. The van der Waals surface area contributed by atoms with E-state index in [9.17, 15) is 19.7 Å². The van der Waals surface area contributed by atoms with Gasteiger partial charge in [-0.3, -0.25) is 19.7 Å². The highest BCUT2D eigenvalue weighted by molar-refractivity contribution is 8.14. The molecule has 0 spiro atoms. The van der Waals surface area contributed by atoms with E-state index in [0.717, 1.165) is 11.8 Å². The van der Waals surface area contributed by atoms with Gasteiger partial charge >= 0.3 is 0 Å². The Morgan fingerprint density at radius 2 is 2.16 bits per heavy atom. The van der Waals surface area contributed by atoms with Gasteiger partial charge in [0, 0.05) is 6.92 Å². The molecule has 0 heterocycles. The zero-order valence-corrected chi connectivity index (χ0v) is 11.2. The van der Waals surface area contributed by atoms with Crippen LogP contribution < -0.4 is 10.1 Å². The van der Waals surface area contributed by atoms with Crippen LogP contribution in [-0.2, 0) is 9.59 Å². The summed E-state index contributed by atoms with van der Waals surface area (Å²) in [7, 11) is 1.39. The second-order valence-electron chi connectivity index (χ2n) is 3.47. The van der Waals surface area contributed by atoms with Crippen LogP contribution in [0.1, 0.15) is 6.92 Å². The largest absolute Gasteiger partial charge is 0.496 e. The van der Waals surface area contributed by atoms with E-state index in [0.29, 0.717) is 5.75 Å². The number of hydrogen-bond acceptors (Lipinski definition) is 6. The van der Waals surface area contributed by atoms with Crippen molar-refractivity contribution < 1.29 is 19.2 Å². The lowest BCUT2D eigenvalue weighted by Gasteiger charge is -2.06. The minimum absolute atomic E-state index is 0.0694. The van der Waals surface area contributed by atoms with Crippen LogP contribution in [-0.4, -0.2) is 28.8 Å². The Hall–Kier alpha value is -2.09. The van der Waals surface area contributed by atoms with Crippen LogP contribution in [0.15, 0.2) is 18.2 Å². The highest BCUT2D eigenvalue weighted by atomic mass is 32.2. The first kappa shape index (κ1) is 15.0. The van der Waals surface area contributed by atoms with E-state index in [1.807, 2.05) is 0 Å². The SMILES string of the molecule is COc1ccc(NC(=O)CSC(C)=O)c([N+](=O)[O-])c1. The minimum Gasteiger partial charge on any atom is -0.496 e. The van der Waals surface area contributed by atoms with E-state index in [1.54, 1.807) is 0 Å². The van der Waals surface area contributed by atoms with Crippen molar-refractivity contribution in [2.45, 2.75) is 6.92 Å². The number of nitrogens with zero attached hydrogens (tertiary/aromatic N) is 1. The molecule has 8 heteroatoms. The van der Waals surface area contributed by atoms with Crippen LogP contribution in [0.25, 0.3) is 0 Å². The van der Waals surface area contributed by atoms with Crippen molar-refractivity contribution >= 4 is 34.2 Å². The Labute approximate surface area is 113 Å². The van der Waals surface area contributed by atoms with Crippen molar-refractivity contribution in [3.8, 4) is 5.75 Å². The molecule has 1 amide bonds.